The fraction of sp³-hybridized carbons (Fsp3) is 0.556. The zero-order chi connectivity index (χ0) is 9.56. The van der Waals surface area contributed by atoms with Crippen LogP contribution in [0.5, 0.6) is 0 Å². The average molecular weight is 166 g/mol. The summed E-state index contributed by atoms with van der Waals surface area (Å²) in [6.45, 7) is 4.11. The standard InChI is InChI=1S/C9H19BN2/c1-6-7-8-9-10(11(2)3)12(4)5/h6-8H,1,9H2,2-5H3/b8-7+. The van der Waals surface area contributed by atoms with Crippen LogP contribution in [-0.4, -0.2) is 44.8 Å². The summed E-state index contributed by atoms with van der Waals surface area (Å²) in [7, 11) is 8.36. The minimum atomic E-state index is 0.473. The number of nitrogens with zero attached hydrogens (tertiary/aromatic N) is 2. The third-order valence-electron chi connectivity index (χ3n) is 1.81. The lowest BCUT2D eigenvalue weighted by molar-refractivity contribution is 0.518. The van der Waals surface area contributed by atoms with E-state index in [9.17, 15) is 0 Å². The normalized spacial score (nSPS) is 11.5. The van der Waals surface area contributed by atoms with Crippen LogP contribution in [0.25, 0.3) is 0 Å². The van der Waals surface area contributed by atoms with Crippen molar-refractivity contribution in [3.8, 4) is 0 Å². The Morgan fingerprint density at radius 2 is 1.67 bits per heavy atom. The molecule has 0 spiro atoms. The van der Waals surface area contributed by atoms with Gasteiger partial charge in [0.25, 0.3) is 0 Å². The van der Waals surface area contributed by atoms with Gasteiger partial charge in [0.1, 0.15) is 0 Å². The molecular weight excluding hydrogens is 147 g/mol. The van der Waals surface area contributed by atoms with Crippen LogP contribution in [0.4, 0.5) is 0 Å². The Hall–Kier alpha value is -0.535. The molecule has 0 saturated carbocycles. The summed E-state index contributed by atoms with van der Waals surface area (Å²) in [5.74, 6) is 0. The van der Waals surface area contributed by atoms with Crippen molar-refractivity contribution in [2.24, 2.45) is 0 Å². The molecule has 0 radical (unpaired) electrons. The Morgan fingerprint density at radius 3 is 2.00 bits per heavy atom. The van der Waals surface area contributed by atoms with Gasteiger partial charge in [0.15, 0.2) is 0 Å². The van der Waals surface area contributed by atoms with Crippen LogP contribution in [0.1, 0.15) is 0 Å². The van der Waals surface area contributed by atoms with Crippen molar-refractivity contribution in [2.45, 2.75) is 6.32 Å². The number of allylic oxidation sites excluding steroid dienone is 3. The Labute approximate surface area is 76.7 Å². The molecular formula is C9H19BN2. The summed E-state index contributed by atoms with van der Waals surface area (Å²) in [4.78, 5) is 4.40. The summed E-state index contributed by atoms with van der Waals surface area (Å²) < 4.78 is 0. The zero-order valence-electron chi connectivity index (χ0n) is 8.62. The summed E-state index contributed by atoms with van der Waals surface area (Å²) in [6, 6.07) is 0. The van der Waals surface area contributed by atoms with E-state index in [0.717, 1.165) is 6.32 Å². The van der Waals surface area contributed by atoms with E-state index in [1.165, 1.54) is 0 Å². The first kappa shape index (κ1) is 11.5. The largest absolute Gasteiger partial charge is 0.334 e. The van der Waals surface area contributed by atoms with E-state index in [2.05, 4.69) is 50.5 Å². The molecule has 12 heavy (non-hydrogen) atoms. The Bertz CT molecular complexity index is 145. The van der Waals surface area contributed by atoms with Crippen molar-refractivity contribution in [1.82, 2.24) is 9.62 Å². The van der Waals surface area contributed by atoms with Crippen molar-refractivity contribution in [2.75, 3.05) is 28.2 Å². The lowest BCUT2D eigenvalue weighted by Gasteiger charge is -2.25. The van der Waals surface area contributed by atoms with E-state index in [1.54, 1.807) is 0 Å². The van der Waals surface area contributed by atoms with Gasteiger partial charge in [-0.3, -0.25) is 0 Å². The van der Waals surface area contributed by atoms with Crippen LogP contribution in [0.3, 0.4) is 0 Å². The summed E-state index contributed by atoms with van der Waals surface area (Å²) >= 11 is 0. The molecule has 0 heterocycles. The fourth-order valence-electron chi connectivity index (χ4n) is 1.18. The molecule has 0 rings (SSSR count). The minimum absolute atomic E-state index is 0.473. The maximum Gasteiger partial charge on any atom is 0.313 e. The van der Waals surface area contributed by atoms with Crippen molar-refractivity contribution in [3.63, 3.8) is 0 Å². The van der Waals surface area contributed by atoms with E-state index in [1.807, 2.05) is 12.2 Å². The second kappa shape index (κ2) is 6.03. The molecule has 0 aliphatic heterocycles. The van der Waals surface area contributed by atoms with Gasteiger partial charge in [-0.05, 0) is 34.5 Å². The van der Waals surface area contributed by atoms with Gasteiger partial charge in [0, 0.05) is 0 Å². The summed E-state index contributed by atoms with van der Waals surface area (Å²) in [5.41, 5.74) is 0. The molecule has 0 fully saturated rings. The summed E-state index contributed by atoms with van der Waals surface area (Å²) in [5, 5.41) is 0. The Morgan fingerprint density at radius 1 is 1.17 bits per heavy atom. The molecule has 2 nitrogen and oxygen atoms in total. The van der Waals surface area contributed by atoms with Crippen LogP contribution in [0.2, 0.25) is 6.32 Å². The predicted molar refractivity (Wildman–Crippen MR) is 57.3 cm³/mol. The average Bonchev–Trinajstić information content (AvgIpc) is 1.96. The van der Waals surface area contributed by atoms with E-state index < -0.39 is 0 Å². The Kier molecular flexibility index (Phi) is 5.76. The molecule has 0 aliphatic carbocycles. The number of hydrogen-bond acceptors (Lipinski definition) is 2. The van der Waals surface area contributed by atoms with E-state index in [0.29, 0.717) is 6.98 Å². The summed E-state index contributed by atoms with van der Waals surface area (Å²) in [6.07, 6.45) is 6.96. The lowest BCUT2D eigenvalue weighted by atomic mass is 9.69. The predicted octanol–water partition coefficient (Wildman–Crippen LogP) is 1.34. The van der Waals surface area contributed by atoms with Gasteiger partial charge in [-0.2, -0.15) is 0 Å². The smallest absolute Gasteiger partial charge is 0.313 e. The van der Waals surface area contributed by atoms with Crippen molar-refractivity contribution in [3.05, 3.63) is 24.8 Å². The van der Waals surface area contributed by atoms with Gasteiger partial charge in [0.2, 0.25) is 0 Å². The third-order valence-corrected chi connectivity index (χ3v) is 1.81. The molecule has 0 amide bonds. The van der Waals surface area contributed by atoms with Crippen molar-refractivity contribution in [1.29, 1.82) is 0 Å². The zero-order valence-corrected chi connectivity index (χ0v) is 8.62. The molecule has 68 valence electrons. The van der Waals surface area contributed by atoms with Crippen LogP contribution < -0.4 is 0 Å². The molecule has 0 aromatic carbocycles. The first-order chi connectivity index (χ1) is 5.59. The topological polar surface area (TPSA) is 6.48 Å². The molecule has 0 aromatic heterocycles. The minimum Gasteiger partial charge on any atom is -0.334 e. The van der Waals surface area contributed by atoms with Gasteiger partial charge < -0.3 is 9.62 Å². The van der Waals surface area contributed by atoms with Crippen molar-refractivity contribution < 1.29 is 0 Å². The van der Waals surface area contributed by atoms with Gasteiger partial charge in [-0.25, -0.2) is 0 Å². The maximum atomic E-state index is 3.63. The number of hydrogen-bond donors (Lipinski definition) is 0. The second-order valence-corrected chi connectivity index (χ2v) is 3.31. The third kappa shape index (κ3) is 4.37. The molecule has 0 aliphatic rings. The first-order valence-electron chi connectivity index (χ1n) is 4.20. The molecule has 0 saturated heterocycles. The van der Waals surface area contributed by atoms with Crippen LogP contribution >= 0.6 is 0 Å². The quantitative estimate of drug-likeness (QED) is 0.449. The highest BCUT2D eigenvalue weighted by atomic mass is 15.2. The first-order valence-corrected chi connectivity index (χ1v) is 4.20. The highest BCUT2D eigenvalue weighted by molar-refractivity contribution is 6.52. The number of rotatable bonds is 5. The van der Waals surface area contributed by atoms with E-state index in [4.69, 9.17) is 0 Å². The van der Waals surface area contributed by atoms with Gasteiger partial charge in [-0.1, -0.05) is 24.8 Å². The lowest BCUT2D eigenvalue weighted by Crippen LogP contribution is -2.44. The van der Waals surface area contributed by atoms with Gasteiger partial charge >= 0.3 is 6.98 Å². The molecule has 3 heteroatoms. The Balaban J connectivity index is 3.96. The van der Waals surface area contributed by atoms with E-state index in [-0.39, 0.29) is 0 Å². The highest BCUT2D eigenvalue weighted by Crippen LogP contribution is 2.00. The van der Waals surface area contributed by atoms with Crippen LogP contribution in [0.15, 0.2) is 24.8 Å². The van der Waals surface area contributed by atoms with E-state index >= 15 is 0 Å². The molecule has 0 atom stereocenters. The fourth-order valence-corrected chi connectivity index (χ4v) is 1.18. The molecule has 0 bridgehead atoms. The highest BCUT2D eigenvalue weighted by Gasteiger charge is 2.17. The van der Waals surface area contributed by atoms with Gasteiger partial charge in [-0.15, -0.1) is 0 Å². The maximum absolute atomic E-state index is 3.63. The second-order valence-electron chi connectivity index (χ2n) is 3.31. The molecule has 0 aromatic rings. The molecule has 0 unspecified atom stereocenters. The van der Waals surface area contributed by atoms with Crippen LogP contribution in [-0.2, 0) is 0 Å². The SMILES string of the molecule is C=C/C=C/CB(N(C)C)N(C)C. The monoisotopic (exact) mass is 166 g/mol. The van der Waals surface area contributed by atoms with Gasteiger partial charge in [0.05, 0.1) is 0 Å². The van der Waals surface area contributed by atoms with Crippen LogP contribution in [0, 0.1) is 0 Å². The molecule has 0 N–H and O–H groups in total. The van der Waals surface area contributed by atoms with Crippen molar-refractivity contribution >= 4 is 6.98 Å².